The number of nitrogens with zero attached hydrogens (tertiary/aromatic N) is 2. The molecule has 0 atom stereocenters. The lowest BCUT2D eigenvalue weighted by Crippen LogP contribution is -2.49. The van der Waals surface area contributed by atoms with Crippen LogP contribution in [0.15, 0.2) is 60.7 Å². The number of benzene rings is 2. The van der Waals surface area contributed by atoms with Crippen LogP contribution >= 0.6 is 11.6 Å². The van der Waals surface area contributed by atoms with Gasteiger partial charge in [0.25, 0.3) is 0 Å². The van der Waals surface area contributed by atoms with E-state index in [1.165, 1.54) is 6.08 Å². The third kappa shape index (κ3) is 5.86. The Bertz CT molecular complexity index is 831. The highest BCUT2D eigenvalue weighted by atomic mass is 35.5. The summed E-state index contributed by atoms with van der Waals surface area (Å²) < 4.78 is 0. The summed E-state index contributed by atoms with van der Waals surface area (Å²) in [4.78, 5) is 28.3. The van der Waals surface area contributed by atoms with E-state index in [0.717, 1.165) is 24.3 Å². The van der Waals surface area contributed by atoms with Crippen molar-refractivity contribution in [1.29, 1.82) is 0 Å². The molecule has 1 heterocycles. The Balaban J connectivity index is 1.38. The maximum Gasteiger partial charge on any atom is 0.244 e. The molecule has 0 unspecified atom stereocenters. The molecule has 2 aromatic rings. The lowest BCUT2D eigenvalue weighted by molar-refractivity contribution is -0.131. The normalized spacial score (nSPS) is 14.3. The number of hydrogen-bond acceptors (Lipinski definition) is 3. The molecule has 1 aliphatic rings. The fraction of sp³-hybridized carbons (Fsp3) is 0.273. The number of rotatable bonds is 6. The molecule has 3 rings (SSSR count). The van der Waals surface area contributed by atoms with Crippen LogP contribution in [-0.4, -0.2) is 49.4 Å². The summed E-state index contributed by atoms with van der Waals surface area (Å²) in [7, 11) is 0. The van der Waals surface area contributed by atoms with Crippen molar-refractivity contribution in [2.24, 2.45) is 0 Å². The minimum absolute atomic E-state index is 0.0677. The van der Waals surface area contributed by atoms with E-state index >= 15 is 0 Å². The van der Waals surface area contributed by atoms with Crippen LogP contribution in [0, 0.1) is 0 Å². The summed E-state index contributed by atoms with van der Waals surface area (Å²) in [6.45, 7) is 3.24. The Morgan fingerprint density at radius 3 is 2.46 bits per heavy atom. The highest BCUT2D eigenvalue weighted by Gasteiger charge is 2.21. The molecule has 1 aliphatic heterocycles. The third-order valence-corrected chi connectivity index (χ3v) is 4.91. The first kappa shape index (κ1) is 20.0. The molecule has 0 aliphatic carbocycles. The lowest BCUT2D eigenvalue weighted by atomic mass is 10.2. The zero-order valence-corrected chi connectivity index (χ0v) is 16.4. The number of anilines is 1. The van der Waals surface area contributed by atoms with E-state index < -0.39 is 0 Å². The van der Waals surface area contributed by atoms with Crippen molar-refractivity contribution in [2.75, 3.05) is 37.6 Å². The number of nitrogens with one attached hydrogen (secondary N) is 1. The van der Waals surface area contributed by atoms with Crippen LogP contribution in [0.5, 0.6) is 0 Å². The fourth-order valence-corrected chi connectivity index (χ4v) is 3.32. The SMILES string of the molecule is O=C(/C=C/c1ccccc1)NCCC(=O)N1CCN(c2cccc(Cl)c2)CC1. The van der Waals surface area contributed by atoms with Gasteiger partial charge in [0.15, 0.2) is 0 Å². The van der Waals surface area contributed by atoms with E-state index in [9.17, 15) is 9.59 Å². The second-order valence-corrected chi connectivity index (χ2v) is 7.07. The number of piperazine rings is 1. The zero-order valence-electron chi connectivity index (χ0n) is 15.7. The van der Waals surface area contributed by atoms with Crippen molar-refractivity contribution in [3.63, 3.8) is 0 Å². The monoisotopic (exact) mass is 397 g/mol. The quantitative estimate of drug-likeness (QED) is 0.761. The second-order valence-electron chi connectivity index (χ2n) is 6.63. The first-order chi connectivity index (χ1) is 13.6. The molecule has 6 heteroatoms. The van der Waals surface area contributed by atoms with Gasteiger partial charge in [0.2, 0.25) is 11.8 Å². The average Bonchev–Trinajstić information content (AvgIpc) is 2.73. The van der Waals surface area contributed by atoms with Gasteiger partial charge < -0.3 is 15.1 Å². The maximum atomic E-state index is 12.4. The summed E-state index contributed by atoms with van der Waals surface area (Å²) in [5.74, 6) is -0.125. The number of carbonyl (C=O) groups is 2. The average molecular weight is 398 g/mol. The summed E-state index contributed by atoms with van der Waals surface area (Å²) in [6.07, 6.45) is 3.55. The molecule has 0 aromatic heterocycles. The Hall–Kier alpha value is -2.79. The van der Waals surface area contributed by atoms with Gasteiger partial charge in [-0.3, -0.25) is 9.59 Å². The lowest BCUT2D eigenvalue weighted by Gasteiger charge is -2.36. The van der Waals surface area contributed by atoms with E-state index in [-0.39, 0.29) is 11.8 Å². The predicted molar refractivity (Wildman–Crippen MR) is 113 cm³/mol. The van der Waals surface area contributed by atoms with Crippen LogP contribution in [0.1, 0.15) is 12.0 Å². The van der Waals surface area contributed by atoms with E-state index in [1.54, 1.807) is 6.08 Å². The zero-order chi connectivity index (χ0) is 19.8. The molecule has 5 nitrogen and oxygen atoms in total. The topological polar surface area (TPSA) is 52.7 Å². The number of amides is 2. The minimum Gasteiger partial charge on any atom is -0.368 e. The Kier molecular flexibility index (Phi) is 7.09. The van der Waals surface area contributed by atoms with Crippen LogP contribution in [-0.2, 0) is 9.59 Å². The predicted octanol–water partition coefficient (Wildman–Crippen LogP) is 3.21. The number of carbonyl (C=O) groups excluding carboxylic acids is 2. The van der Waals surface area contributed by atoms with Crippen LogP contribution in [0.3, 0.4) is 0 Å². The molecule has 0 spiro atoms. The fourth-order valence-electron chi connectivity index (χ4n) is 3.13. The van der Waals surface area contributed by atoms with Gasteiger partial charge in [-0.15, -0.1) is 0 Å². The van der Waals surface area contributed by atoms with Gasteiger partial charge in [-0.05, 0) is 29.8 Å². The van der Waals surface area contributed by atoms with Crippen molar-refractivity contribution in [1.82, 2.24) is 10.2 Å². The molecule has 1 saturated heterocycles. The first-order valence-corrected chi connectivity index (χ1v) is 9.79. The molecular formula is C22H24ClN3O2. The number of halogens is 1. The number of hydrogen-bond donors (Lipinski definition) is 1. The molecule has 1 N–H and O–H groups in total. The van der Waals surface area contributed by atoms with Crippen LogP contribution in [0.4, 0.5) is 5.69 Å². The summed E-state index contributed by atoms with van der Waals surface area (Å²) in [6, 6.07) is 17.4. The van der Waals surface area contributed by atoms with Crippen LogP contribution in [0.2, 0.25) is 5.02 Å². The molecule has 0 saturated carbocycles. The standard InChI is InChI=1S/C22H24ClN3O2/c23-19-7-4-8-20(17-19)25-13-15-26(16-14-25)22(28)11-12-24-21(27)10-9-18-5-2-1-3-6-18/h1-10,17H,11-16H2,(H,24,27)/b10-9+. The Labute approximate surface area is 170 Å². The van der Waals surface area contributed by atoms with Crippen LogP contribution in [0.25, 0.3) is 6.08 Å². The van der Waals surface area contributed by atoms with Crippen molar-refractivity contribution in [2.45, 2.75) is 6.42 Å². The third-order valence-electron chi connectivity index (χ3n) is 4.67. The molecule has 2 aromatic carbocycles. The molecule has 0 radical (unpaired) electrons. The van der Waals surface area contributed by atoms with Gasteiger partial charge in [0.1, 0.15) is 0 Å². The molecule has 146 valence electrons. The van der Waals surface area contributed by atoms with Crippen molar-refractivity contribution < 1.29 is 9.59 Å². The molecule has 0 bridgehead atoms. The van der Waals surface area contributed by atoms with E-state index in [0.29, 0.717) is 31.1 Å². The van der Waals surface area contributed by atoms with Gasteiger partial charge in [-0.25, -0.2) is 0 Å². The van der Waals surface area contributed by atoms with Gasteiger partial charge in [-0.1, -0.05) is 48.0 Å². The summed E-state index contributed by atoms with van der Waals surface area (Å²) >= 11 is 6.05. The van der Waals surface area contributed by atoms with E-state index in [1.807, 2.05) is 59.5 Å². The van der Waals surface area contributed by atoms with Crippen molar-refractivity contribution in [3.8, 4) is 0 Å². The molecular weight excluding hydrogens is 374 g/mol. The summed E-state index contributed by atoms with van der Waals surface area (Å²) in [5, 5.41) is 3.48. The van der Waals surface area contributed by atoms with E-state index in [4.69, 9.17) is 11.6 Å². The summed E-state index contributed by atoms with van der Waals surface area (Å²) in [5.41, 5.74) is 2.04. The van der Waals surface area contributed by atoms with Gasteiger partial charge in [-0.2, -0.15) is 0 Å². The van der Waals surface area contributed by atoms with Gasteiger partial charge in [0.05, 0.1) is 0 Å². The van der Waals surface area contributed by atoms with E-state index in [2.05, 4.69) is 10.2 Å². The van der Waals surface area contributed by atoms with Crippen molar-refractivity contribution >= 4 is 35.2 Å². The molecule has 1 fully saturated rings. The van der Waals surface area contributed by atoms with Gasteiger partial charge in [0, 0.05) is 55.9 Å². The van der Waals surface area contributed by atoms with Crippen LogP contribution < -0.4 is 10.2 Å². The largest absolute Gasteiger partial charge is 0.368 e. The highest BCUT2D eigenvalue weighted by Crippen LogP contribution is 2.20. The Morgan fingerprint density at radius 1 is 1.00 bits per heavy atom. The Morgan fingerprint density at radius 2 is 1.75 bits per heavy atom. The molecule has 28 heavy (non-hydrogen) atoms. The minimum atomic E-state index is -0.192. The maximum absolute atomic E-state index is 12.4. The van der Waals surface area contributed by atoms with Crippen molar-refractivity contribution in [3.05, 3.63) is 71.3 Å². The molecule has 2 amide bonds. The first-order valence-electron chi connectivity index (χ1n) is 9.41. The van der Waals surface area contributed by atoms with Gasteiger partial charge >= 0.3 is 0 Å². The second kappa shape index (κ2) is 9.95. The smallest absolute Gasteiger partial charge is 0.244 e. The highest BCUT2D eigenvalue weighted by molar-refractivity contribution is 6.30.